The van der Waals surface area contributed by atoms with Crippen molar-refractivity contribution in [3.8, 4) is 10.6 Å². The van der Waals surface area contributed by atoms with Crippen molar-refractivity contribution in [2.24, 2.45) is 0 Å². The predicted molar refractivity (Wildman–Crippen MR) is 92.7 cm³/mol. The summed E-state index contributed by atoms with van der Waals surface area (Å²) in [5.74, 6) is 0.0803. The molecule has 0 bridgehead atoms. The molecule has 0 saturated carbocycles. The van der Waals surface area contributed by atoms with Gasteiger partial charge in [0.2, 0.25) is 0 Å². The van der Waals surface area contributed by atoms with Gasteiger partial charge in [0.1, 0.15) is 10.7 Å². The van der Waals surface area contributed by atoms with E-state index in [1.807, 2.05) is 40.6 Å². The van der Waals surface area contributed by atoms with E-state index in [0.29, 0.717) is 11.7 Å². The minimum absolute atomic E-state index is 0.0803. The number of rotatable bonds is 3. The van der Waals surface area contributed by atoms with Gasteiger partial charge in [-0.25, -0.2) is 4.98 Å². The molecule has 2 fully saturated rings. The summed E-state index contributed by atoms with van der Waals surface area (Å²) < 4.78 is 0. The van der Waals surface area contributed by atoms with Crippen molar-refractivity contribution < 1.29 is 4.79 Å². The number of benzene rings is 1. The fourth-order valence-corrected chi connectivity index (χ4v) is 4.18. The molecule has 0 spiro atoms. The third-order valence-corrected chi connectivity index (χ3v) is 5.69. The van der Waals surface area contributed by atoms with E-state index in [1.165, 1.54) is 32.4 Å². The van der Waals surface area contributed by atoms with Crippen molar-refractivity contribution in [3.05, 3.63) is 41.4 Å². The lowest BCUT2D eigenvalue weighted by atomic mass is 10.0. The Bertz CT molecular complexity index is 673. The summed E-state index contributed by atoms with van der Waals surface area (Å²) in [6, 6.07) is 10.6. The Morgan fingerprint density at radius 2 is 1.83 bits per heavy atom. The van der Waals surface area contributed by atoms with Gasteiger partial charge >= 0.3 is 0 Å². The molecule has 0 N–H and O–H groups in total. The highest BCUT2D eigenvalue weighted by Crippen LogP contribution is 2.26. The third kappa shape index (κ3) is 3.03. The minimum Gasteiger partial charge on any atom is -0.334 e. The van der Waals surface area contributed by atoms with Crippen LogP contribution in [0.5, 0.6) is 0 Å². The highest BCUT2D eigenvalue weighted by atomic mass is 32.1. The molecular weight excluding hydrogens is 306 g/mol. The van der Waals surface area contributed by atoms with Crippen LogP contribution in [0.15, 0.2) is 35.7 Å². The maximum absolute atomic E-state index is 12.6. The van der Waals surface area contributed by atoms with Gasteiger partial charge in [-0.15, -0.1) is 11.3 Å². The Morgan fingerprint density at radius 3 is 2.57 bits per heavy atom. The highest BCUT2D eigenvalue weighted by Gasteiger charge is 2.36. The van der Waals surface area contributed by atoms with Gasteiger partial charge in [-0.05, 0) is 25.9 Å². The van der Waals surface area contributed by atoms with Gasteiger partial charge < -0.3 is 4.90 Å². The second-order valence-electron chi connectivity index (χ2n) is 6.36. The quantitative estimate of drug-likeness (QED) is 0.869. The fourth-order valence-electron chi connectivity index (χ4n) is 3.38. The molecule has 120 valence electrons. The van der Waals surface area contributed by atoms with Gasteiger partial charge in [-0.1, -0.05) is 36.8 Å². The van der Waals surface area contributed by atoms with Crippen molar-refractivity contribution in [1.82, 2.24) is 14.8 Å². The number of nitrogens with zero attached hydrogens (tertiary/aromatic N) is 3. The van der Waals surface area contributed by atoms with E-state index in [-0.39, 0.29) is 5.91 Å². The molecule has 1 amide bonds. The molecule has 0 unspecified atom stereocenters. The zero-order valence-electron chi connectivity index (χ0n) is 13.1. The summed E-state index contributed by atoms with van der Waals surface area (Å²) in [6.07, 6.45) is 3.96. The van der Waals surface area contributed by atoms with Gasteiger partial charge in [0.25, 0.3) is 5.91 Å². The molecule has 2 aliphatic rings. The number of amides is 1. The second kappa shape index (κ2) is 6.42. The topological polar surface area (TPSA) is 36.4 Å². The minimum atomic E-state index is 0.0803. The number of carbonyl (C=O) groups is 1. The molecule has 1 aromatic carbocycles. The van der Waals surface area contributed by atoms with E-state index >= 15 is 0 Å². The first-order valence-electron chi connectivity index (χ1n) is 8.35. The van der Waals surface area contributed by atoms with Gasteiger partial charge in [-0.2, -0.15) is 0 Å². The predicted octanol–water partition coefficient (Wildman–Crippen LogP) is 3.12. The number of hydrogen-bond acceptors (Lipinski definition) is 4. The molecule has 5 heteroatoms. The first kappa shape index (κ1) is 14.8. The Labute approximate surface area is 140 Å². The van der Waals surface area contributed by atoms with Crippen LogP contribution < -0.4 is 0 Å². The van der Waals surface area contributed by atoms with Gasteiger partial charge in [0.05, 0.1) is 0 Å². The van der Waals surface area contributed by atoms with Crippen LogP contribution in [-0.2, 0) is 0 Å². The van der Waals surface area contributed by atoms with Crippen LogP contribution in [-0.4, -0.2) is 52.9 Å². The normalized spacial score (nSPS) is 19.6. The summed E-state index contributed by atoms with van der Waals surface area (Å²) in [4.78, 5) is 21.6. The maximum atomic E-state index is 12.6. The number of likely N-dealkylation sites (tertiary alicyclic amines) is 2. The van der Waals surface area contributed by atoms with Gasteiger partial charge in [0, 0.05) is 30.1 Å². The summed E-state index contributed by atoms with van der Waals surface area (Å²) in [6.45, 7) is 4.11. The van der Waals surface area contributed by atoms with Crippen molar-refractivity contribution in [3.63, 3.8) is 0 Å². The molecule has 2 aromatic rings. The van der Waals surface area contributed by atoms with Crippen LogP contribution in [0.3, 0.4) is 0 Å². The molecule has 0 aliphatic carbocycles. The smallest absolute Gasteiger partial charge is 0.273 e. The Balaban J connectivity index is 1.38. The third-order valence-electron chi connectivity index (χ3n) is 4.80. The fraction of sp³-hybridized carbons (Fsp3) is 0.444. The Hall–Kier alpha value is -1.72. The van der Waals surface area contributed by atoms with E-state index in [0.717, 1.165) is 23.7 Å². The molecule has 0 radical (unpaired) electrons. The zero-order valence-corrected chi connectivity index (χ0v) is 14.0. The summed E-state index contributed by atoms with van der Waals surface area (Å²) in [7, 11) is 0. The van der Waals surface area contributed by atoms with Gasteiger partial charge in [0.15, 0.2) is 0 Å². The van der Waals surface area contributed by atoms with Crippen LogP contribution in [0.1, 0.15) is 29.8 Å². The zero-order chi connectivity index (χ0) is 15.6. The lowest BCUT2D eigenvalue weighted by Crippen LogP contribution is -2.61. The molecule has 0 atom stereocenters. The lowest BCUT2D eigenvalue weighted by Gasteiger charge is -2.46. The number of carbonyl (C=O) groups excluding carboxylic acids is 1. The lowest BCUT2D eigenvalue weighted by molar-refractivity contribution is 0.0200. The monoisotopic (exact) mass is 327 g/mol. The molecule has 3 heterocycles. The van der Waals surface area contributed by atoms with Crippen LogP contribution in [0, 0.1) is 0 Å². The first-order valence-corrected chi connectivity index (χ1v) is 9.23. The van der Waals surface area contributed by atoms with Crippen molar-refractivity contribution in [2.75, 3.05) is 26.2 Å². The number of hydrogen-bond donors (Lipinski definition) is 0. The Morgan fingerprint density at radius 1 is 1.09 bits per heavy atom. The highest BCUT2D eigenvalue weighted by molar-refractivity contribution is 7.13. The van der Waals surface area contributed by atoms with E-state index < -0.39 is 0 Å². The standard InChI is InChI=1S/C18H21N3OS/c22-18(21-11-15(12-21)20-9-5-2-6-10-20)16-13-23-17(19-16)14-7-3-1-4-8-14/h1,3-4,7-8,13,15H,2,5-6,9-12H2. The van der Waals surface area contributed by atoms with Crippen molar-refractivity contribution in [1.29, 1.82) is 0 Å². The molecule has 4 nitrogen and oxygen atoms in total. The average Bonchev–Trinajstić information content (AvgIpc) is 3.05. The van der Waals surface area contributed by atoms with E-state index in [1.54, 1.807) is 11.3 Å². The maximum Gasteiger partial charge on any atom is 0.273 e. The molecule has 2 saturated heterocycles. The molecule has 4 rings (SSSR count). The van der Waals surface area contributed by atoms with Crippen molar-refractivity contribution >= 4 is 17.2 Å². The summed E-state index contributed by atoms with van der Waals surface area (Å²) in [5, 5.41) is 2.81. The van der Waals surface area contributed by atoms with Crippen LogP contribution >= 0.6 is 11.3 Å². The largest absolute Gasteiger partial charge is 0.334 e. The number of piperidine rings is 1. The van der Waals surface area contributed by atoms with E-state index in [4.69, 9.17) is 0 Å². The van der Waals surface area contributed by atoms with Gasteiger partial charge in [-0.3, -0.25) is 9.69 Å². The molecular formula is C18H21N3OS. The Kier molecular flexibility index (Phi) is 4.14. The summed E-state index contributed by atoms with van der Waals surface area (Å²) >= 11 is 1.54. The van der Waals surface area contributed by atoms with E-state index in [2.05, 4.69) is 9.88 Å². The molecule has 1 aromatic heterocycles. The first-order chi connectivity index (χ1) is 11.3. The van der Waals surface area contributed by atoms with Crippen LogP contribution in [0.2, 0.25) is 0 Å². The number of aromatic nitrogens is 1. The second-order valence-corrected chi connectivity index (χ2v) is 7.22. The average molecular weight is 327 g/mol. The molecule has 2 aliphatic heterocycles. The molecule has 23 heavy (non-hydrogen) atoms. The van der Waals surface area contributed by atoms with E-state index in [9.17, 15) is 4.79 Å². The van der Waals surface area contributed by atoms with Crippen molar-refractivity contribution in [2.45, 2.75) is 25.3 Å². The SMILES string of the molecule is O=C(c1csc(-c2ccccc2)n1)N1CC(N2CCCCC2)C1. The van der Waals surface area contributed by atoms with Crippen LogP contribution in [0.25, 0.3) is 10.6 Å². The number of thiazole rings is 1. The summed E-state index contributed by atoms with van der Waals surface area (Å²) in [5.41, 5.74) is 1.66. The van der Waals surface area contributed by atoms with Crippen LogP contribution in [0.4, 0.5) is 0 Å².